The Balaban J connectivity index is 2.08. The molecule has 4 nitrogen and oxygen atoms in total. The van der Waals surface area contributed by atoms with E-state index in [0.717, 1.165) is 5.56 Å². The fourth-order valence-electron chi connectivity index (χ4n) is 2.05. The first-order chi connectivity index (χ1) is 10.1. The van der Waals surface area contributed by atoms with Crippen LogP contribution in [0.15, 0.2) is 48.5 Å². The van der Waals surface area contributed by atoms with E-state index in [1.54, 1.807) is 18.2 Å². The lowest BCUT2D eigenvalue weighted by molar-refractivity contribution is 0.0916. The van der Waals surface area contributed by atoms with Crippen LogP contribution in [0.1, 0.15) is 15.9 Å². The molecule has 0 radical (unpaired) electrons. The SMILES string of the molecule is Nc1cccc(C(=O)NC(CO)Cc2ccccc2)c1Cl. The van der Waals surface area contributed by atoms with Crippen molar-refractivity contribution in [3.05, 3.63) is 64.7 Å². The quantitative estimate of drug-likeness (QED) is 0.742. The van der Waals surface area contributed by atoms with Crippen LogP contribution in [0, 0.1) is 0 Å². The van der Waals surface area contributed by atoms with Crippen molar-refractivity contribution in [1.29, 1.82) is 0 Å². The number of hydrogen-bond donors (Lipinski definition) is 3. The summed E-state index contributed by atoms with van der Waals surface area (Å²) in [4.78, 5) is 12.2. The fraction of sp³-hybridized carbons (Fsp3) is 0.188. The van der Waals surface area contributed by atoms with Crippen molar-refractivity contribution in [2.45, 2.75) is 12.5 Å². The second kappa shape index (κ2) is 7.11. The highest BCUT2D eigenvalue weighted by Crippen LogP contribution is 2.23. The fourth-order valence-corrected chi connectivity index (χ4v) is 2.26. The van der Waals surface area contributed by atoms with Gasteiger partial charge in [-0.3, -0.25) is 4.79 Å². The number of rotatable bonds is 5. The molecule has 2 aromatic rings. The molecule has 0 aliphatic heterocycles. The standard InChI is InChI=1S/C16H17ClN2O2/c17-15-13(7-4-8-14(15)18)16(21)19-12(10-20)9-11-5-2-1-3-6-11/h1-8,12,20H,9-10,18H2,(H,19,21). The summed E-state index contributed by atoms with van der Waals surface area (Å²) < 4.78 is 0. The van der Waals surface area contributed by atoms with Crippen LogP contribution in [0.25, 0.3) is 0 Å². The molecule has 0 spiro atoms. The highest BCUT2D eigenvalue weighted by molar-refractivity contribution is 6.36. The molecular formula is C16H17ClN2O2. The van der Waals surface area contributed by atoms with Crippen LogP contribution in [0.2, 0.25) is 5.02 Å². The first kappa shape index (κ1) is 15.4. The molecule has 2 aromatic carbocycles. The summed E-state index contributed by atoms with van der Waals surface area (Å²) in [5.74, 6) is -0.345. The van der Waals surface area contributed by atoms with E-state index in [1.807, 2.05) is 30.3 Å². The molecule has 0 fully saturated rings. The molecule has 2 rings (SSSR count). The van der Waals surface area contributed by atoms with Gasteiger partial charge in [0.25, 0.3) is 5.91 Å². The predicted octanol–water partition coefficient (Wildman–Crippen LogP) is 2.26. The molecule has 1 unspecified atom stereocenters. The Hall–Kier alpha value is -2.04. The number of anilines is 1. The molecular weight excluding hydrogens is 288 g/mol. The number of benzene rings is 2. The number of carbonyl (C=O) groups is 1. The zero-order valence-electron chi connectivity index (χ0n) is 11.4. The van der Waals surface area contributed by atoms with Gasteiger partial charge in [-0.25, -0.2) is 0 Å². The maximum Gasteiger partial charge on any atom is 0.253 e. The minimum atomic E-state index is -0.377. The number of nitrogens with two attached hydrogens (primary N) is 1. The summed E-state index contributed by atoms with van der Waals surface area (Å²) in [5.41, 5.74) is 7.38. The summed E-state index contributed by atoms with van der Waals surface area (Å²) in [6.45, 7) is -0.152. The normalized spacial score (nSPS) is 11.9. The van der Waals surface area contributed by atoms with Gasteiger partial charge in [0, 0.05) is 0 Å². The van der Waals surface area contributed by atoms with Crippen LogP contribution in [-0.4, -0.2) is 23.7 Å². The van der Waals surface area contributed by atoms with Gasteiger partial charge in [-0.15, -0.1) is 0 Å². The summed E-state index contributed by atoms with van der Waals surface area (Å²) in [6, 6.07) is 14.2. The van der Waals surface area contributed by atoms with E-state index >= 15 is 0 Å². The highest BCUT2D eigenvalue weighted by atomic mass is 35.5. The van der Waals surface area contributed by atoms with Gasteiger partial charge in [0.05, 0.1) is 28.9 Å². The van der Waals surface area contributed by atoms with E-state index in [2.05, 4.69) is 5.32 Å². The van der Waals surface area contributed by atoms with Gasteiger partial charge >= 0.3 is 0 Å². The summed E-state index contributed by atoms with van der Waals surface area (Å²) in [7, 11) is 0. The second-order valence-corrected chi connectivity index (χ2v) is 5.13. The second-order valence-electron chi connectivity index (χ2n) is 4.75. The van der Waals surface area contributed by atoms with Crippen molar-refractivity contribution in [2.75, 3.05) is 12.3 Å². The highest BCUT2D eigenvalue weighted by Gasteiger charge is 2.16. The van der Waals surface area contributed by atoms with Crippen molar-refractivity contribution in [2.24, 2.45) is 0 Å². The molecule has 5 heteroatoms. The Bertz CT molecular complexity index is 617. The third kappa shape index (κ3) is 3.97. The molecule has 4 N–H and O–H groups in total. The Morgan fingerprint density at radius 3 is 2.57 bits per heavy atom. The van der Waals surface area contributed by atoms with Crippen LogP contribution >= 0.6 is 11.6 Å². The molecule has 110 valence electrons. The average Bonchev–Trinajstić information content (AvgIpc) is 2.50. The molecule has 0 aromatic heterocycles. The lowest BCUT2D eigenvalue weighted by Crippen LogP contribution is -2.39. The third-order valence-electron chi connectivity index (χ3n) is 3.15. The van der Waals surface area contributed by atoms with Gasteiger partial charge in [-0.1, -0.05) is 48.0 Å². The van der Waals surface area contributed by atoms with Gasteiger partial charge in [0.2, 0.25) is 0 Å². The Labute approximate surface area is 128 Å². The molecule has 0 saturated heterocycles. The lowest BCUT2D eigenvalue weighted by Gasteiger charge is -2.17. The zero-order chi connectivity index (χ0) is 15.2. The van der Waals surface area contributed by atoms with E-state index in [1.165, 1.54) is 0 Å². The molecule has 0 bridgehead atoms. The number of hydrogen-bond acceptors (Lipinski definition) is 3. The van der Waals surface area contributed by atoms with E-state index in [4.69, 9.17) is 17.3 Å². The lowest BCUT2D eigenvalue weighted by atomic mass is 10.1. The molecule has 0 saturated carbocycles. The maximum atomic E-state index is 12.2. The average molecular weight is 305 g/mol. The van der Waals surface area contributed by atoms with E-state index < -0.39 is 0 Å². The van der Waals surface area contributed by atoms with Gasteiger partial charge in [-0.2, -0.15) is 0 Å². The monoisotopic (exact) mass is 304 g/mol. The molecule has 1 amide bonds. The number of nitrogens with one attached hydrogen (secondary N) is 1. The number of amides is 1. The minimum Gasteiger partial charge on any atom is -0.398 e. The third-order valence-corrected chi connectivity index (χ3v) is 3.58. The molecule has 1 atom stereocenters. The summed E-state index contributed by atoms with van der Waals surface area (Å²) in [5, 5.41) is 12.4. The van der Waals surface area contributed by atoms with Crippen molar-refractivity contribution in [3.63, 3.8) is 0 Å². The zero-order valence-corrected chi connectivity index (χ0v) is 12.2. The van der Waals surface area contributed by atoms with Crippen LogP contribution in [0.3, 0.4) is 0 Å². The van der Waals surface area contributed by atoms with Crippen LogP contribution in [-0.2, 0) is 6.42 Å². The van der Waals surface area contributed by atoms with Crippen LogP contribution in [0.5, 0.6) is 0 Å². The molecule has 0 aliphatic carbocycles. The topological polar surface area (TPSA) is 75.4 Å². The summed E-state index contributed by atoms with van der Waals surface area (Å²) >= 11 is 6.03. The van der Waals surface area contributed by atoms with E-state index in [0.29, 0.717) is 17.7 Å². The Morgan fingerprint density at radius 2 is 1.90 bits per heavy atom. The number of halogens is 1. The van der Waals surface area contributed by atoms with Crippen LogP contribution in [0.4, 0.5) is 5.69 Å². The van der Waals surface area contributed by atoms with Crippen molar-refractivity contribution < 1.29 is 9.90 Å². The number of aliphatic hydroxyl groups is 1. The smallest absolute Gasteiger partial charge is 0.253 e. The van der Waals surface area contributed by atoms with E-state index in [-0.39, 0.29) is 23.6 Å². The van der Waals surface area contributed by atoms with Crippen molar-refractivity contribution in [3.8, 4) is 0 Å². The molecule has 0 aliphatic rings. The predicted molar refractivity (Wildman–Crippen MR) is 84.4 cm³/mol. The van der Waals surface area contributed by atoms with Gasteiger partial charge in [0.15, 0.2) is 0 Å². The minimum absolute atomic E-state index is 0.152. The molecule has 0 heterocycles. The van der Waals surface area contributed by atoms with Gasteiger partial charge in [0.1, 0.15) is 0 Å². The first-order valence-electron chi connectivity index (χ1n) is 6.61. The number of aliphatic hydroxyl groups excluding tert-OH is 1. The maximum absolute atomic E-state index is 12.2. The Kier molecular flexibility index (Phi) is 5.20. The molecule has 21 heavy (non-hydrogen) atoms. The Morgan fingerprint density at radius 1 is 1.19 bits per heavy atom. The van der Waals surface area contributed by atoms with Crippen LogP contribution < -0.4 is 11.1 Å². The van der Waals surface area contributed by atoms with Crippen molar-refractivity contribution in [1.82, 2.24) is 5.32 Å². The largest absolute Gasteiger partial charge is 0.398 e. The van der Waals surface area contributed by atoms with Gasteiger partial charge < -0.3 is 16.2 Å². The number of nitrogen functional groups attached to an aromatic ring is 1. The van der Waals surface area contributed by atoms with E-state index in [9.17, 15) is 9.90 Å². The summed E-state index contributed by atoms with van der Waals surface area (Å²) in [6.07, 6.45) is 0.545. The number of carbonyl (C=O) groups excluding carboxylic acids is 1. The van der Waals surface area contributed by atoms with Crippen molar-refractivity contribution >= 4 is 23.2 Å². The van der Waals surface area contributed by atoms with Gasteiger partial charge in [-0.05, 0) is 24.1 Å². The first-order valence-corrected chi connectivity index (χ1v) is 6.99.